The summed E-state index contributed by atoms with van der Waals surface area (Å²) in [6.45, 7) is 3.83. The Morgan fingerprint density at radius 1 is 1.19 bits per heavy atom. The summed E-state index contributed by atoms with van der Waals surface area (Å²) in [6, 6.07) is 6.23. The van der Waals surface area contributed by atoms with Gasteiger partial charge in [-0.15, -0.1) is 0 Å². The van der Waals surface area contributed by atoms with Crippen LogP contribution in [0.1, 0.15) is 62.9 Å². The molecule has 2 aromatic rings. The molecule has 1 amide bonds. The Morgan fingerprint density at radius 3 is 2.85 bits per heavy atom. The summed E-state index contributed by atoms with van der Waals surface area (Å²) >= 11 is 0. The van der Waals surface area contributed by atoms with E-state index in [2.05, 4.69) is 33.5 Å². The normalized spacial score (nSPS) is 21.3. The van der Waals surface area contributed by atoms with Gasteiger partial charge in [0, 0.05) is 49.4 Å². The van der Waals surface area contributed by atoms with Crippen molar-refractivity contribution in [2.75, 3.05) is 13.1 Å². The fourth-order valence-electron chi connectivity index (χ4n) is 4.46. The summed E-state index contributed by atoms with van der Waals surface area (Å²) in [5.41, 5.74) is 1.10. The van der Waals surface area contributed by atoms with Gasteiger partial charge >= 0.3 is 0 Å². The van der Waals surface area contributed by atoms with Gasteiger partial charge in [0.25, 0.3) is 0 Å². The van der Waals surface area contributed by atoms with Crippen LogP contribution in [0.25, 0.3) is 5.82 Å². The molecular weight excluding hydrogens is 324 g/mol. The molecule has 1 atom stereocenters. The van der Waals surface area contributed by atoms with Crippen LogP contribution >= 0.6 is 0 Å². The Labute approximate surface area is 155 Å². The predicted molar refractivity (Wildman–Crippen MR) is 101 cm³/mol. The summed E-state index contributed by atoms with van der Waals surface area (Å²) in [6.07, 6.45) is 11.4. The average Bonchev–Trinajstić information content (AvgIpc) is 3.39. The molecule has 26 heavy (non-hydrogen) atoms. The van der Waals surface area contributed by atoms with Crippen LogP contribution in [-0.4, -0.2) is 38.4 Å². The third-order valence-corrected chi connectivity index (χ3v) is 5.89. The Kier molecular flexibility index (Phi) is 5.05. The van der Waals surface area contributed by atoms with Crippen LogP contribution in [0.15, 0.2) is 30.6 Å². The number of pyridine rings is 1. The van der Waals surface area contributed by atoms with Gasteiger partial charge in [0.1, 0.15) is 11.6 Å². The number of amides is 1. The number of imidazole rings is 1. The topological polar surface area (TPSA) is 51.0 Å². The predicted octanol–water partition coefficient (Wildman–Crippen LogP) is 3.73. The summed E-state index contributed by atoms with van der Waals surface area (Å²) in [5.74, 6) is 2.94. The van der Waals surface area contributed by atoms with E-state index in [-0.39, 0.29) is 5.92 Å². The number of nitrogens with zero attached hydrogens (tertiary/aromatic N) is 4. The third-order valence-electron chi connectivity index (χ3n) is 5.89. The fraction of sp³-hybridized carbons (Fsp3) is 0.571. The number of hydrogen-bond acceptors (Lipinski definition) is 3. The second-order valence-corrected chi connectivity index (χ2v) is 7.59. The maximum atomic E-state index is 12.8. The molecule has 1 aliphatic heterocycles. The highest BCUT2D eigenvalue weighted by Gasteiger charge is 2.31. The zero-order chi connectivity index (χ0) is 17.9. The molecule has 3 heterocycles. The SMILES string of the molecule is CCc1nccn1-c1cccc(C2CCCN(C(=O)C3CCCC3)C2)n1. The van der Waals surface area contributed by atoms with Crippen molar-refractivity contribution in [1.82, 2.24) is 19.4 Å². The molecule has 0 bridgehead atoms. The maximum Gasteiger partial charge on any atom is 0.225 e. The van der Waals surface area contributed by atoms with Crippen LogP contribution in [-0.2, 0) is 11.2 Å². The molecule has 0 spiro atoms. The lowest BCUT2D eigenvalue weighted by molar-refractivity contribution is -0.136. The number of piperidine rings is 1. The van der Waals surface area contributed by atoms with Crippen LogP contribution in [0.2, 0.25) is 0 Å². The molecule has 5 nitrogen and oxygen atoms in total. The first kappa shape index (κ1) is 17.3. The minimum Gasteiger partial charge on any atom is -0.342 e. The minimum atomic E-state index is 0.270. The molecule has 1 saturated heterocycles. The number of aryl methyl sites for hydroxylation is 1. The largest absolute Gasteiger partial charge is 0.342 e. The molecule has 138 valence electrons. The van der Waals surface area contributed by atoms with Gasteiger partial charge in [0.15, 0.2) is 0 Å². The van der Waals surface area contributed by atoms with E-state index in [0.29, 0.717) is 11.8 Å². The Hall–Kier alpha value is -2.17. The molecule has 0 aromatic carbocycles. The van der Waals surface area contributed by atoms with Crippen molar-refractivity contribution in [1.29, 1.82) is 0 Å². The highest BCUT2D eigenvalue weighted by molar-refractivity contribution is 5.79. The van der Waals surface area contributed by atoms with E-state index in [0.717, 1.165) is 62.5 Å². The van der Waals surface area contributed by atoms with Gasteiger partial charge in [-0.2, -0.15) is 0 Å². The van der Waals surface area contributed by atoms with Gasteiger partial charge in [0.2, 0.25) is 5.91 Å². The molecule has 1 aliphatic carbocycles. The molecule has 1 saturated carbocycles. The van der Waals surface area contributed by atoms with Crippen molar-refractivity contribution in [3.63, 3.8) is 0 Å². The second-order valence-electron chi connectivity index (χ2n) is 7.59. The first-order valence-electron chi connectivity index (χ1n) is 10.0. The highest BCUT2D eigenvalue weighted by Crippen LogP contribution is 2.31. The summed E-state index contributed by atoms with van der Waals surface area (Å²) in [7, 11) is 0. The lowest BCUT2D eigenvalue weighted by Gasteiger charge is -2.34. The van der Waals surface area contributed by atoms with Crippen molar-refractivity contribution >= 4 is 5.91 Å². The van der Waals surface area contributed by atoms with E-state index in [4.69, 9.17) is 4.98 Å². The molecule has 0 N–H and O–H groups in total. The molecule has 2 aromatic heterocycles. The average molecular weight is 352 g/mol. The monoisotopic (exact) mass is 352 g/mol. The van der Waals surface area contributed by atoms with Crippen molar-refractivity contribution in [2.45, 2.75) is 57.8 Å². The third kappa shape index (κ3) is 3.39. The standard InChI is InChI=1S/C21H28N4O/c1-2-19-22-12-14-25(19)20-11-5-10-18(23-20)17-9-6-13-24(15-17)21(26)16-7-3-4-8-16/h5,10-12,14,16-17H,2-4,6-9,13,15H2,1H3. The first-order valence-corrected chi connectivity index (χ1v) is 10.0. The molecule has 0 radical (unpaired) electrons. The lowest BCUT2D eigenvalue weighted by atomic mass is 9.93. The fourth-order valence-corrected chi connectivity index (χ4v) is 4.46. The number of rotatable bonds is 4. The number of likely N-dealkylation sites (tertiary alicyclic amines) is 1. The maximum absolute atomic E-state index is 12.8. The van der Waals surface area contributed by atoms with E-state index in [1.807, 2.05) is 18.5 Å². The number of carbonyl (C=O) groups excluding carboxylic acids is 1. The highest BCUT2D eigenvalue weighted by atomic mass is 16.2. The number of hydrogen-bond donors (Lipinski definition) is 0. The van der Waals surface area contributed by atoms with Crippen molar-refractivity contribution in [2.24, 2.45) is 5.92 Å². The zero-order valence-corrected chi connectivity index (χ0v) is 15.6. The van der Waals surface area contributed by atoms with Gasteiger partial charge in [-0.3, -0.25) is 9.36 Å². The van der Waals surface area contributed by atoms with Gasteiger partial charge in [-0.05, 0) is 37.8 Å². The van der Waals surface area contributed by atoms with E-state index < -0.39 is 0 Å². The molecular formula is C21H28N4O. The van der Waals surface area contributed by atoms with E-state index >= 15 is 0 Å². The van der Waals surface area contributed by atoms with Crippen molar-refractivity contribution in [3.8, 4) is 5.82 Å². The molecule has 5 heteroatoms. The molecule has 2 fully saturated rings. The molecule has 1 unspecified atom stereocenters. The Balaban J connectivity index is 1.52. The van der Waals surface area contributed by atoms with Crippen LogP contribution < -0.4 is 0 Å². The van der Waals surface area contributed by atoms with Crippen LogP contribution in [0.5, 0.6) is 0 Å². The van der Waals surface area contributed by atoms with Crippen LogP contribution in [0, 0.1) is 5.92 Å². The van der Waals surface area contributed by atoms with Crippen molar-refractivity contribution in [3.05, 3.63) is 42.1 Å². The van der Waals surface area contributed by atoms with Gasteiger partial charge in [-0.25, -0.2) is 9.97 Å². The zero-order valence-electron chi connectivity index (χ0n) is 15.6. The minimum absolute atomic E-state index is 0.270. The van der Waals surface area contributed by atoms with Crippen molar-refractivity contribution < 1.29 is 4.79 Å². The molecule has 4 rings (SSSR count). The quantitative estimate of drug-likeness (QED) is 0.842. The summed E-state index contributed by atoms with van der Waals surface area (Å²) in [5, 5.41) is 0. The number of aromatic nitrogens is 3. The van der Waals surface area contributed by atoms with Gasteiger partial charge < -0.3 is 4.90 Å². The molecule has 2 aliphatic rings. The number of carbonyl (C=O) groups is 1. The Morgan fingerprint density at radius 2 is 2.04 bits per heavy atom. The van der Waals surface area contributed by atoms with E-state index in [1.54, 1.807) is 0 Å². The lowest BCUT2D eigenvalue weighted by Crippen LogP contribution is -2.42. The van der Waals surface area contributed by atoms with E-state index in [9.17, 15) is 4.79 Å². The first-order chi connectivity index (χ1) is 12.8. The summed E-state index contributed by atoms with van der Waals surface area (Å²) < 4.78 is 2.06. The second kappa shape index (κ2) is 7.60. The Bertz CT molecular complexity index is 763. The summed E-state index contributed by atoms with van der Waals surface area (Å²) in [4.78, 5) is 24.2. The smallest absolute Gasteiger partial charge is 0.225 e. The van der Waals surface area contributed by atoms with Crippen LogP contribution in [0.4, 0.5) is 0 Å². The van der Waals surface area contributed by atoms with Gasteiger partial charge in [0.05, 0.1) is 0 Å². The van der Waals surface area contributed by atoms with E-state index in [1.165, 1.54) is 12.8 Å². The van der Waals surface area contributed by atoms with Crippen LogP contribution in [0.3, 0.4) is 0 Å². The van der Waals surface area contributed by atoms with Gasteiger partial charge in [-0.1, -0.05) is 25.8 Å².